The molecule has 3 heterocycles. The molecule has 0 bridgehead atoms. The van der Waals surface area contributed by atoms with Crippen LogP contribution in [-0.4, -0.2) is 80.4 Å². The van der Waals surface area contributed by atoms with Crippen LogP contribution in [-0.2, 0) is 11.3 Å². The molecule has 0 radical (unpaired) electrons. The van der Waals surface area contributed by atoms with E-state index in [1.54, 1.807) is 19.9 Å². The zero-order chi connectivity index (χ0) is 28.4. The van der Waals surface area contributed by atoms with Crippen LogP contribution in [0.25, 0.3) is 0 Å². The van der Waals surface area contributed by atoms with Crippen molar-refractivity contribution < 1.29 is 27.2 Å². The predicted molar refractivity (Wildman–Crippen MR) is 137 cm³/mol. The van der Waals surface area contributed by atoms with Gasteiger partial charge in [-0.15, -0.1) is 0 Å². The van der Waals surface area contributed by atoms with Crippen molar-refractivity contribution in [3.05, 3.63) is 58.9 Å². The Labute approximate surface area is 226 Å². The molecule has 2 aromatic rings. The minimum atomic E-state index is -4.61. The predicted octanol–water partition coefficient (Wildman–Crippen LogP) is 4.67. The summed E-state index contributed by atoms with van der Waals surface area (Å²) in [5.41, 5.74) is 2.16. The van der Waals surface area contributed by atoms with Crippen LogP contribution in [0, 0.1) is 19.7 Å². The second-order valence-corrected chi connectivity index (χ2v) is 10.9. The summed E-state index contributed by atoms with van der Waals surface area (Å²) >= 11 is 0. The van der Waals surface area contributed by atoms with Crippen molar-refractivity contribution in [3.8, 4) is 0 Å². The van der Waals surface area contributed by atoms with E-state index in [4.69, 9.17) is 0 Å². The molecule has 2 fully saturated rings. The Hall–Kier alpha value is -3.08. The normalized spacial score (nSPS) is 18.7. The van der Waals surface area contributed by atoms with Gasteiger partial charge in [0.2, 0.25) is 5.91 Å². The highest BCUT2D eigenvalue weighted by Gasteiger charge is 2.41. The number of aromatic nitrogens is 2. The lowest BCUT2D eigenvalue weighted by Gasteiger charge is -2.50. The summed E-state index contributed by atoms with van der Waals surface area (Å²) in [7, 11) is 0. The lowest BCUT2D eigenvalue weighted by Crippen LogP contribution is -2.58. The third kappa shape index (κ3) is 6.93. The average molecular weight is 550 g/mol. The van der Waals surface area contributed by atoms with Crippen molar-refractivity contribution in [2.75, 3.05) is 26.2 Å². The molecule has 2 saturated heterocycles. The molecule has 1 aromatic carbocycles. The molecule has 0 saturated carbocycles. The van der Waals surface area contributed by atoms with Crippen molar-refractivity contribution in [1.82, 2.24) is 24.7 Å². The highest BCUT2D eigenvalue weighted by molar-refractivity contribution is 5.96. The van der Waals surface area contributed by atoms with E-state index in [9.17, 15) is 27.2 Å². The van der Waals surface area contributed by atoms with Crippen LogP contribution < -0.4 is 0 Å². The van der Waals surface area contributed by atoms with Gasteiger partial charge in [0.25, 0.3) is 5.91 Å². The van der Waals surface area contributed by atoms with Gasteiger partial charge < -0.3 is 9.80 Å². The lowest BCUT2D eigenvalue weighted by atomic mass is 9.85. The van der Waals surface area contributed by atoms with Crippen molar-refractivity contribution >= 4 is 11.8 Å². The van der Waals surface area contributed by atoms with Crippen LogP contribution in [0.5, 0.6) is 0 Å². The van der Waals surface area contributed by atoms with Gasteiger partial charge in [0.05, 0.1) is 17.0 Å². The summed E-state index contributed by atoms with van der Waals surface area (Å²) in [6.07, 6.45) is -2.12. The number of amides is 2. The Morgan fingerprint density at radius 2 is 1.67 bits per heavy atom. The topological polar surface area (TPSA) is 69.6 Å². The molecule has 0 aliphatic carbocycles. The van der Waals surface area contributed by atoms with Gasteiger partial charge in [0.1, 0.15) is 18.6 Å². The summed E-state index contributed by atoms with van der Waals surface area (Å²) in [5.74, 6) is -1.55. The third-order valence-electron chi connectivity index (χ3n) is 8.15. The highest BCUT2D eigenvalue weighted by Crippen LogP contribution is 2.34. The molecule has 2 aliphatic heterocycles. The maximum atomic E-state index is 13.7. The third-order valence-corrected chi connectivity index (χ3v) is 8.15. The Bertz CT molecular complexity index is 1170. The first kappa shape index (κ1) is 28.9. The highest BCUT2D eigenvalue weighted by atomic mass is 19.4. The van der Waals surface area contributed by atoms with Crippen molar-refractivity contribution in [3.63, 3.8) is 0 Å². The van der Waals surface area contributed by atoms with Gasteiger partial charge >= 0.3 is 6.18 Å². The Kier molecular flexibility index (Phi) is 8.58. The number of alkyl halides is 3. The van der Waals surface area contributed by atoms with E-state index in [0.29, 0.717) is 61.5 Å². The molecule has 2 amide bonds. The number of likely N-dealkylation sites (tertiary alicyclic amines) is 2. The van der Waals surface area contributed by atoms with E-state index in [2.05, 4.69) is 21.8 Å². The van der Waals surface area contributed by atoms with Gasteiger partial charge in [-0.1, -0.05) is 12.1 Å². The molecule has 1 aromatic heterocycles. The molecular weight excluding hydrogens is 514 g/mol. The monoisotopic (exact) mass is 549 g/mol. The van der Waals surface area contributed by atoms with Crippen LogP contribution in [0.2, 0.25) is 0 Å². The molecule has 11 heteroatoms. The summed E-state index contributed by atoms with van der Waals surface area (Å²) in [4.78, 5) is 39.7. The quantitative estimate of drug-likeness (QED) is 0.490. The van der Waals surface area contributed by atoms with Gasteiger partial charge in [0.15, 0.2) is 0 Å². The zero-order valence-corrected chi connectivity index (χ0v) is 22.6. The molecular formula is C28H35F4N5O2. The Morgan fingerprint density at radius 3 is 2.23 bits per heavy atom. The Morgan fingerprint density at radius 1 is 1.05 bits per heavy atom. The van der Waals surface area contributed by atoms with Crippen molar-refractivity contribution in [2.45, 2.75) is 77.2 Å². The first-order valence-corrected chi connectivity index (χ1v) is 13.3. The molecule has 4 rings (SSSR count). The van der Waals surface area contributed by atoms with Gasteiger partial charge in [0, 0.05) is 44.3 Å². The smallest absolute Gasteiger partial charge is 0.338 e. The number of benzene rings is 1. The maximum Gasteiger partial charge on any atom is 0.397 e. The Balaban J connectivity index is 1.39. The second kappa shape index (κ2) is 11.6. The minimum Gasteiger partial charge on any atom is -0.338 e. The van der Waals surface area contributed by atoms with Crippen LogP contribution in [0.15, 0.2) is 30.6 Å². The summed E-state index contributed by atoms with van der Waals surface area (Å²) in [6, 6.07) is 5.26. The maximum absolute atomic E-state index is 13.7. The summed E-state index contributed by atoms with van der Waals surface area (Å²) in [6.45, 7) is 8.12. The molecule has 0 spiro atoms. The zero-order valence-electron chi connectivity index (χ0n) is 22.6. The number of hydrogen-bond donors (Lipinski definition) is 0. The van der Waals surface area contributed by atoms with E-state index in [0.717, 1.165) is 12.8 Å². The summed E-state index contributed by atoms with van der Waals surface area (Å²) < 4.78 is 53.0. The number of rotatable bonds is 6. The molecule has 0 N–H and O–H groups in total. The molecule has 212 valence electrons. The van der Waals surface area contributed by atoms with E-state index in [1.165, 1.54) is 29.4 Å². The first-order chi connectivity index (χ1) is 18.4. The number of carbonyl (C=O) groups is 2. The number of aryl methyl sites for hydroxylation is 2. The molecule has 39 heavy (non-hydrogen) atoms. The fourth-order valence-corrected chi connectivity index (χ4v) is 5.81. The SMILES string of the molecule is Cc1ncnc(C)c1C(=O)N1CCC(C)(N2CCC(N(Cc3cccc(F)c3)C(=O)CC(F)(F)F)CC2)CC1. The van der Waals surface area contributed by atoms with E-state index < -0.39 is 24.3 Å². The molecule has 2 aliphatic rings. The van der Waals surface area contributed by atoms with Crippen LogP contribution >= 0.6 is 0 Å². The van der Waals surface area contributed by atoms with Gasteiger partial charge in [-0.05, 0) is 64.2 Å². The van der Waals surface area contributed by atoms with Crippen LogP contribution in [0.1, 0.15) is 66.3 Å². The van der Waals surface area contributed by atoms with E-state index in [-0.39, 0.29) is 24.0 Å². The van der Waals surface area contributed by atoms with E-state index >= 15 is 0 Å². The first-order valence-electron chi connectivity index (χ1n) is 13.3. The fourth-order valence-electron chi connectivity index (χ4n) is 5.81. The number of hydrogen-bond acceptors (Lipinski definition) is 5. The van der Waals surface area contributed by atoms with Gasteiger partial charge in [-0.3, -0.25) is 14.5 Å². The molecule has 7 nitrogen and oxygen atoms in total. The second-order valence-electron chi connectivity index (χ2n) is 10.9. The fraction of sp³-hybridized carbons (Fsp3) is 0.571. The number of halogens is 4. The standard InChI is InChI=1S/C28H35F4N5O2/c1-19-25(20(2)34-18-33-19)26(39)35-13-9-27(3,10-14-35)36-11-7-23(8-12-36)37(24(38)16-28(30,31)32)17-21-5-4-6-22(29)15-21/h4-6,15,18,23H,7-14,16-17H2,1-3H3. The lowest BCUT2D eigenvalue weighted by molar-refractivity contribution is -0.164. The van der Waals surface area contributed by atoms with Crippen LogP contribution in [0.3, 0.4) is 0 Å². The largest absolute Gasteiger partial charge is 0.397 e. The minimum absolute atomic E-state index is 0.0618. The van der Waals surface area contributed by atoms with Crippen LogP contribution in [0.4, 0.5) is 17.6 Å². The van der Waals surface area contributed by atoms with Crippen molar-refractivity contribution in [2.24, 2.45) is 0 Å². The number of nitrogens with zero attached hydrogens (tertiary/aromatic N) is 5. The molecule has 0 unspecified atom stereocenters. The van der Waals surface area contributed by atoms with Crippen molar-refractivity contribution in [1.29, 1.82) is 0 Å². The van der Waals surface area contributed by atoms with Gasteiger partial charge in [-0.2, -0.15) is 13.2 Å². The van der Waals surface area contributed by atoms with E-state index in [1.807, 2.05) is 4.90 Å². The average Bonchev–Trinajstić information content (AvgIpc) is 2.87. The number of carbonyl (C=O) groups excluding carboxylic acids is 2. The number of piperidine rings is 2. The van der Waals surface area contributed by atoms with Gasteiger partial charge in [-0.25, -0.2) is 14.4 Å². The molecule has 0 atom stereocenters. The summed E-state index contributed by atoms with van der Waals surface area (Å²) in [5, 5.41) is 0.